The van der Waals surface area contributed by atoms with Crippen molar-refractivity contribution in [2.75, 3.05) is 0 Å². The van der Waals surface area contributed by atoms with Crippen molar-refractivity contribution < 1.29 is 9.59 Å². The second-order valence-corrected chi connectivity index (χ2v) is 9.57. The van der Waals surface area contributed by atoms with Crippen LogP contribution in [0.2, 0.25) is 10.0 Å². The Kier molecular flexibility index (Phi) is 9.14. The Balaban J connectivity index is 2.02. The zero-order valence-electron chi connectivity index (χ0n) is 19.7. The third-order valence-corrected chi connectivity index (χ3v) is 6.24. The van der Waals surface area contributed by atoms with Crippen LogP contribution in [0.5, 0.6) is 0 Å². The van der Waals surface area contributed by atoms with Gasteiger partial charge in [-0.25, -0.2) is 0 Å². The fourth-order valence-corrected chi connectivity index (χ4v) is 4.40. The number of benzene rings is 3. The van der Waals surface area contributed by atoms with E-state index < -0.39 is 6.04 Å². The summed E-state index contributed by atoms with van der Waals surface area (Å²) in [5.41, 5.74) is 3.55. The van der Waals surface area contributed by atoms with Crippen molar-refractivity contribution in [3.8, 4) is 0 Å². The van der Waals surface area contributed by atoms with Crippen LogP contribution in [0.25, 0.3) is 0 Å². The van der Waals surface area contributed by atoms with Gasteiger partial charge in [-0.15, -0.1) is 0 Å². The van der Waals surface area contributed by atoms with Crippen LogP contribution in [-0.4, -0.2) is 28.8 Å². The van der Waals surface area contributed by atoms with Crippen LogP contribution in [0.1, 0.15) is 36.1 Å². The average molecular weight is 497 g/mol. The highest BCUT2D eigenvalue weighted by Crippen LogP contribution is 2.27. The Hall–Kier alpha value is -2.82. The summed E-state index contributed by atoms with van der Waals surface area (Å²) < 4.78 is 0. The molecule has 178 valence electrons. The second-order valence-electron chi connectivity index (χ2n) is 8.76. The van der Waals surface area contributed by atoms with Crippen molar-refractivity contribution in [1.29, 1.82) is 0 Å². The molecule has 0 aliphatic rings. The molecule has 0 aromatic heterocycles. The molecule has 0 spiro atoms. The summed E-state index contributed by atoms with van der Waals surface area (Å²) in [5.74, 6) is -0.374. The summed E-state index contributed by atoms with van der Waals surface area (Å²) in [6.45, 7) is 5.93. The molecular weight excluding hydrogens is 467 g/mol. The molecule has 1 atom stereocenters. The largest absolute Gasteiger partial charge is 0.352 e. The van der Waals surface area contributed by atoms with E-state index in [2.05, 4.69) is 5.32 Å². The molecule has 0 aliphatic heterocycles. The summed E-state index contributed by atoms with van der Waals surface area (Å²) in [7, 11) is 0. The van der Waals surface area contributed by atoms with Crippen molar-refractivity contribution in [3.63, 3.8) is 0 Å². The number of halogens is 2. The summed E-state index contributed by atoms with van der Waals surface area (Å²) in [6.07, 6.45) is 0.547. The van der Waals surface area contributed by atoms with Gasteiger partial charge in [-0.05, 0) is 44.0 Å². The van der Waals surface area contributed by atoms with Crippen LogP contribution in [0, 0.1) is 6.92 Å². The van der Waals surface area contributed by atoms with Gasteiger partial charge in [-0.3, -0.25) is 9.59 Å². The molecule has 4 nitrogen and oxygen atoms in total. The molecule has 3 aromatic carbocycles. The maximum Gasteiger partial charge on any atom is 0.243 e. The molecule has 0 bridgehead atoms. The molecule has 3 rings (SSSR count). The molecular formula is C28H30Cl2N2O2. The van der Waals surface area contributed by atoms with Crippen LogP contribution < -0.4 is 5.32 Å². The molecule has 6 heteroatoms. The van der Waals surface area contributed by atoms with Crippen molar-refractivity contribution in [2.24, 2.45) is 0 Å². The van der Waals surface area contributed by atoms with Crippen LogP contribution >= 0.6 is 23.2 Å². The van der Waals surface area contributed by atoms with Gasteiger partial charge in [-0.2, -0.15) is 0 Å². The number of aryl methyl sites for hydroxylation is 1. The molecule has 3 aromatic rings. The highest BCUT2D eigenvalue weighted by Gasteiger charge is 2.31. The van der Waals surface area contributed by atoms with Gasteiger partial charge in [0.05, 0.1) is 6.42 Å². The van der Waals surface area contributed by atoms with Crippen LogP contribution in [0.4, 0.5) is 0 Å². The number of rotatable bonds is 9. The summed E-state index contributed by atoms with van der Waals surface area (Å²) in [6, 6.07) is 22.0. The Morgan fingerprint density at radius 1 is 0.882 bits per heavy atom. The second kappa shape index (κ2) is 12.0. The maximum atomic E-state index is 13.7. The lowest BCUT2D eigenvalue weighted by Gasteiger charge is -2.32. The van der Waals surface area contributed by atoms with Gasteiger partial charge in [0.15, 0.2) is 0 Å². The number of hydrogen-bond donors (Lipinski definition) is 1. The molecule has 0 saturated heterocycles. The first-order chi connectivity index (χ1) is 16.2. The number of nitrogens with one attached hydrogen (secondary N) is 1. The van der Waals surface area contributed by atoms with Gasteiger partial charge in [0, 0.05) is 34.6 Å². The zero-order chi connectivity index (χ0) is 24.7. The summed E-state index contributed by atoms with van der Waals surface area (Å²) in [5, 5.41) is 3.91. The van der Waals surface area contributed by atoms with Crippen molar-refractivity contribution in [3.05, 3.63) is 105 Å². The molecule has 0 unspecified atom stereocenters. The normalized spacial score (nSPS) is 11.8. The minimum Gasteiger partial charge on any atom is -0.352 e. The van der Waals surface area contributed by atoms with Crippen molar-refractivity contribution in [2.45, 2.75) is 52.2 Å². The van der Waals surface area contributed by atoms with Crippen molar-refractivity contribution >= 4 is 35.0 Å². The van der Waals surface area contributed by atoms with Crippen LogP contribution in [0.3, 0.4) is 0 Å². The van der Waals surface area contributed by atoms with Gasteiger partial charge in [0.25, 0.3) is 0 Å². The van der Waals surface area contributed by atoms with E-state index in [-0.39, 0.29) is 30.8 Å². The molecule has 0 heterocycles. The highest BCUT2D eigenvalue weighted by molar-refractivity contribution is 6.36. The van der Waals surface area contributed by atoms with E-state index in [0.29, 0.717) is 22.0 Å². The van der Waals surface area contributed by atoms with Crippen molar-refractivity contribution in [1.82, 2.24) is 10.2 Å². The first-order valence-electron chi connectivity index (χ1n) is 11.4. The Bertz CT molecular complexity index is 1110. The van der Waals surface area contributed by atoms with E-state index in [9.17, 15) is 9.59 Å². The number of amides is 2. The first kappa shape index (κ1) is 25.8. The van der Waals surface area contributed by atoms with Gasteiger partial charge < -0.3 is 10.2 Å². The minimum absolute atomic E-state index is 0.0663. The molecule has 0 radical (unpaired) electrons. The number of carbonyl (C=O) groups is 2. The Labute approximate surface area is 211 Å². The Morgan fingerprint density at radius 2 is 1.50 bits per heavy atom. The van der Waals surface area contributed by atoms with Gasteiger partial charge in [-0.1, -0.05) is 89.4 Å². The fourth-order valence-electron chi connectivity index (χ4n) is 3.89. The fraction of sp³-hybridized carbons (Fsp3) is 0.286. The number of carbonyl (C=O) groups excluding carboxylic acids is 2. The van der Waals surface area contributed by atoms with Crippen LogP contribution in [-0.2, 0) is 29.0 Å². The molecule has 34 heavy (non-hydrogen) atoms. The van der Waals surface area contributed by atoms with Gasteiger partial charge >= 0.3 is 0 Å². The molecule has 2 amide bonds. The maximum absolute atomic E-state index is 13.7. The van der Waals surface area contributed by atoms with E-state index in [4.69, 9.17) is 23.2 Å². The lowest BCUT2D eigenvalue weighted by Crippen LogP contribution is -2.52. The summed E-state index contributed by atoms with van der Waals surface area (Å²) >= 11 is 12.9. The lowest BCUT2D eigenvalue weighted by molar-refractivity contribution is -0.141. The third-order valence-electron chi connectivity index (χ3n) is 5.53. The predicted molar refractivity (Wildman–Crippen MR) is 139 cm³/mol. The molecule has 1 N–H and O–H groups in total. The quantitative estimate of drug-likeness (QED) is 0.394. The predicted octanol–water partition coefficient (Wildman–Crippen LogP) is 6.01. The topological polar surface area (TPSA) is 49.4 Å². The Morgan fingerprint density at radius 3 is 2.12 bits per heavy atom. The SMILES string of the molecule is Cc1cccc(CC(=O)N(Cc2c(Cl)cccc2Cl)[C@@H](Cc2ccccc2)C(=O)NC(C)C)c1. The first-order valence-corrected chi connectivity index (χ1v) is 12.1. The monoisotopic (exact) mass is 496 g/mol. The smallest absolute Gasteiger partial charge is 0.243 e. The third kappa shape index (κ3) is 7.09. The van der Waals surface area contributed by atoms with Crippen LogP contribution in [0.15, 0.2) is 72.8 Å². The standard InChI is InChI=1S/C28H30Cl2N2O2/c1-19(2)31-28(34)26(16-21-10-5-4-6-11-21)32(18-23-24(29)13-8-14-25(23)30)27(33)17-22-12-7-9-20(3)15-22/h4-15,19,26H,16-18H2,1-3H3,(H,31,34)/t26-/m0/s1. The lowest BCUT2D eigenvalue weighted by atomic mass is 10.0. The van der Waals surface area contributed by atoms with E-state index in [1.165, 1.54) is 0 Å². The van der Waals surface area contributed by atoms with Gasteiger partial charge in [0.2, 0.25) is 11.8 Å². The molecule has 0 fully saturated rings. The average Bonchev–Trinajstić information content (AvgIpc) is 2.78. The number of nitrogens with zero attached hydrogens (tertiary/aromatic N) is 1. The van der Waals surface area contributed by atoms with E-state index in [0.717, 1.165) is 16.7 Å². The van der Waals surface area contributed by atoms with E-state index in [1.807, 2.05) is 75.4 Å². The minimum atomic E-state index is -0.727. The summed E-state index contributed by atoms with van der Waals surface area (Å²) in [4.78, 5) is 28.7. The van der Waals surface area contributed by atoms with E-state index in [1.54, 1.807) is 23.1 Å². The highest BCUT2D eigenvalue weighted by atomic mass is 35.5. The zero-order valence-corrected chi connectivity index (χ0v) is 21.2. The van der Waals surface area contributed by atoms with Gasteiger partial charge in [0.1, 0.15) is 6.04 Å². The molecule has 0 saturated carbocycles. The molecule has 0 aliphatic carbocycles. The number of hydrogen-bond acceptors (Lipinski definition) is 2. The van der Waals surface area contributed by atoms with E-state index >= 15 is 0 Å².